The molecule has 0 bridgehead atoms. The number of aliphatic hydroxyl groups excluding tert-OH is 1. The van der Waals surface area contributed by atoms with E-state index >= 15 is 0 Å². The Labute approximate surface area is 171 Å². The molecule has 0 amide bonds. The maximum atomic E-state index is 14.7. The number of halogens is 2. The zero-order chi connectivity index (χ0) is 22.3. The van der Waals surface area contributed by atoms with Crippen LogP contribution in [0.1, 0.15) is 24.8 Å². The first kappa shape index (κ1) is 21.9. The second kappa shape index (κ2) is 7.80. The van der Waals surface area contributed by atoms with E-state index in [0.29, 0.717) is 5.56 Å². The fourth-order valence-corrected chi connectivity index (χ4v) is 4.75. The topological polar surface area (TPSA) is 118 Å². The van der Waals surface area contributed by atoms with E-state index in [1.54, 1.807) is 13.0 Å². The van der Waals surface area contributed by atoms with Crippen LogP contribution >= 0.6 is 0 Å². The first-order valence-electron chi connectivity index (χ1n) is 9.07. The number of benzene rings is 1. The van der Waals surface area contributed by atoms with Crippen molar-refractivity contribution < 1.29 is 27.1 Å². The fourth-order valence-electron chi connectivity index (χ4n) is 3.10. The summed E-state index contributed by atoms with van der Waals surface area (Å²) in [5.74, 6) is -2.64. The summed E-state index contributed by atoms with van der Waals surface area (Å²) in [6.45, 7) is 0.874. The van der Waals surface area contributed by atoms with Gasteiger partial charge in [0.15, 0.2) is 5.78 Å². The highest BCUT2D eigenvalue weighted by Crippen LogP contribution is 2.47. The van der Waals surface area contributed by atoms with E-state index in [4.69, 9.17) is 5.11 Å². The van der Waals surface area contributed by atoms with Crippen LogP contribution < -0.4 is 15.6 Å². The standard InChI is InChI=1S/C19H21F2N3O5S/c1-11-3-4-14(13(20)7-11)22-17-15(9-24(2)18(27)16(17)21)23-30(28,29)19(5-6-19)8-12(26)10-25/h3-4,7,9,22-23,25H,5-6,8,10H2,1-2H3. The van der Waals surface area contributed by atoms with Gasteiger partial charge in [0.05, 0.1) is 16.1 Å². The molecule has 3 rings (SSSR count). The maximum Gasteiger partial charge on any atom is 0.288 e. The molecule has 162 valence electrons. The summed E-state index contributed by atoms with van der Waals surface area (Å²) in [5.41, 5.74) is -1.41. The van der Waals surface area contributed by atoms with E-state index in [1.165, 1.54) is 19.2 Å². The third kappa shape index (κ3) is 4.08. The predicted molar refractivity (Wildman–Crippen MR) is 107 cm³/mol. The maximum absolute atomic E-state index is 14.7. The highest BCUT2D eigenvalue weighted by atomic mass is 32.2. The van der Waals surface area contributed by atoms with Gasteiger partial charge in [0.2, 0.25) is 15.8 Å². The van der Waals surface area contributed by atoms with Crippen molar-refractivity contribution in [3.05, 3.63) is 51.9 Å². The summed E-state index contributed by atoms with van der Waals surface area (Å²) >= 11 is 0. The second-order valence-corrected chi connectivity index (χ2v) is 9.50. The molecule has 0 unspecified atom stereocenters. The number of carbonyl (C=O) groups is 1. The molecule has 1 aromatic carbocycles. The number of aromatic nitrogens is 1. The van der Waals surface area contributed by atoms with Crippen molar-refractivity contribution in [3.63, 3.8) is 0 Å². The lowest BCUT2D eigenvalue weighted by Gasteiger charge is -2.20. The van der Waals surface area contributed by atoms with Crippen LogP contribution in [0.15, 0.2) is 29.2 Å². The Morgan fingerprint density at radius 1 is 1.27 bits per heavy atom. The molecule has 1 aromatic heterocycles. The summed E-state index contributed by atoms with van der Waals surface area (Å²) in [7, 11) is -2.94. The Balaban J connectivity index is 2.02. The van der Waals surface area contributed by atoms with E-state index < -0.39 is 50.0 Å². The smallest absolute Gasteiger partial charge is 0.288 e. The van der Waals surface area contributed by atoms with Crippen molar-refractivity contribution in [1.82, 2.24) is 4.57 Å². The summed E-state index contributed by atoms with van der Waals surface area (Å²) in [6.07, 6.45) is 1.07. The van der Waals surface area contributed by atoms with Crippen LogP contribution in [0.4, 0.5) is 25.8 Å². The van der Waals surface area contributed by atoms with Crippen LogP contribution in [-0.2, 0) is 21.9 Å². The molecule has 30 heavy (non-hydrogen) atoms. The van der Waals surface area contributed by atoms with Crippen LogP contribution in [0.25, 0.3) is 0 Å². The molecule has 0 spiro atoms. The van der Waals surface area contributed by atoms with Gasteiger partial charge in [-0.15, -0.1) is 0 Å². The van der Waals surface area contributed by atoms with Gasteiger partial charge in [-0.3, -0.25) is 14.3 Å². The zero-order valence-corrected chi connectivity index (χ0v) is 17.1. The van der Waals surface area contributed by atoms with E-state index in [2.05, 4.69) is 10.0 Å². The van der Waals surface area contributed by atoms with Crippen molar-refractivity contribution in [2.45, 2.75) is 30.9 Å². The molecule has 0 radical (unpaired) electrons. The highest BCUT2D eigenvalue weighted by Gasteiger charge is 2.55. The third-order valence-electron chi connectivity index (χ3n) is 5.02. The molecule has 0 atom stereocenters. The molecule has 11 heteroatoms. The quantitative estimate of drug-likeness (QED) is 0.576. The number of nitrogens with zero attached hydrogens (tertiary/aromatic N) is 1. The van der Waals surface area contributed by atoms with Crippen LogP contribution in [-0.4, -0.2) is 35.2 Å². The van der Waals surface area contributed by atoms with Gasteiger partial charge in [-0.1, -0.05) is 6.07 Å². The number of ketones is 1. The number of nitrogens with one attached hydrogen (secondary N) is 2. The van der Waals surface area contributed by atoms with E-state index in [-0.39, 0.29) is 30.6 Å². The highest BCUT2D eigenvalue weighted by molar-refractivity contribution is 7.94. The lowest BCUT2D eigenvalue weighted by Crippen LogP contribution is -2.34. The van der Waals surface area contributed by atoms with Crippen LogP contribution in [0, 0.1) is 18.6 Å². The van der Waals surface area contributed by atoms with E-state index in [9.17, 15) is 26.8 Å². The molecule has 1 heterocycles. The first-order valence-corrected chi connectivity index (χ1v) is 10.6. The number of pyridine rings is 1. The predicted octanol–water partition coefficient (Wildman–Crippen LogP) is 1.94. The number of hydrogen-bond acceptors (Lipinski definition) is 6. The van der Waals surface area contributed by atoms with E-state index in [1.807, 2.05) is 0 Å². The normalized spacial score (nSPS) is 15.0. The Hall–Kier alpha value is -2.79. The minimum atomic E-state index is -4.18. The van der Waals surface area contributed by atoms with Gasteiger partial charge in [0.1, 0.15) is 18.1 Å². The molecular weight excluding hydrogens is 420 g/mol. The van der Waals surface area contributed by atoms with Gasteiger partial charge >= 0.3 is 0 Å². The summed E-state index contributed by atoms with van der Waals surface area (Å²) < 4.78 is 56.4. The average molecular weight is 441 g/mol. The van der Waals surface area contributed by atoms with Gasteiger partial charge in [0, 0.05) is 19.7 Å². The molecule has 1 aliphatic carbocycles. The van der Waals surface area contributed by atoms with Crippen molar-refractivity contribution in [1.29, 1.82) is 0 Å². The molecule has 0 saturated heterocycles. The number of anilines is 3. The van der Waals surface area contributed by atoms with Gasteiger partial charge < -0.3 is 15.0 Å². The summed E-state index contributed by atoms with van der Waals surface area (Å²) in [4.78, 5) is 23.6. The number of aliphatic hydroxyl groups is 1. The molecule has 3 N–H and O–H groups in total. The summed E-state index contributed by atoms with van der Waals surface area (Å²) in [6, 6.07) is 4.10. The second-order valence-electron chi connectivity index (χ2n) is 7.42. The number of carbonyl (C=O) groups excluding carboxylic acids is 1. The van der Waals surface area contributed by atoms with Crippen molar-refractivity contribution in [2.24, 2.45) is 7.05 Å². The van der Waals surface area contributed by atoms with Crippen LogP contribution in [0.2, 0.25) is 0 Å². The minimum absolute atomic E-state index is 0.148. The third-order valence-corrected chi connectivity index (χ3v) is 7.20. The van der Waals surface area contributed by atoms with Gasteiger partial charge in [0.25, 0.3) is 5.56 Å². The SMILES string of the molecule is Cc1ccc(Nc2c(NS(=O)(=O)C3(CC(=O)CO)CC3)cn(C)c(=O)c2F)c(F)c1. The first-order chi connectivity index (χ1) is 14.0. The minimum Gasteiger partial charge on any atom is -0.389 e. The van der Waals surface area contributed by atoms with E-state index in [0.717, 1.165) is 10.8 Å². The molecule has 1 fully saturated rings. The van der Waals surface area contributed by atoms with Crippen LogP contribution in [0.3, 0.4) is 0 Å². The van der Waals surface area contributed by atoms with Crippen LogP contribution in [0.5, 0.6) is 0 Å². The zero-order valence-electron chi connectivity index (χ0n) is 16.3. The largest absolute Gasteiger partial charge is 0.389 e. The molecule has 1 saturated carbocycles. The number of sulfonamides is 1. The Kier molecular flexibility index (Phi) is 5.70. The number of hydrogen-bond donors (Lipinski definition) is 3. The fraction of sp³-hybridized carbons (Fsp3) is 0.368. The molecule has 8 nitrogen and oxygen atoms in total. The molecule has 1 aliphatic rings. The Morgan fingerprint density at radius 2 is 1.93 bits per heavy atom. The van der Waals surface area contributed by atoms with Crippen molar-refractivity contribution in [3.8, 4) is 0 Å². The van der Waals surface area contributed by atoms with Gasteiger partial charge in [-0.2, -0.15) is 4.39 Å². The lowest BCUT2D eigenvalue weighted by molar-refractivity contribution is -0.121. The monoisotopic (exact) mass is 441 g/mol. The molecule has 0 aliphatic heterocycles. The Bertz CT molecular complexity index is 1170. The van der Waals surface area contributed by atoms with Gasteiger partial charge in [-0.05, 0) is 37.5 Å². The molecular formula is C19H21F2N3O5S. The Morgan fingerprint density at radius 3 is 2.50 bits per heavy atom. The molecule has 2 aromatic rings. The van der Waals surface area contributed by atoms with Crippen molar-refractivity contribution in [2.75, 3.05) is 16.6 Å². The average Bonchev–Trinajstić information content (AvgIpc) is 3.45. The van der Waals surface area contributed by atoms with Gasteiger partial charge in [-0.25, -0.2) is 12.8 Å². The lowest BCUT2D eigenvalue weighted by atomic mass is 10.2. The summed E-state index contributed by atoms with van der Waals surface area (Å²) in [5, 5.41) is 11.4. The number of rotatable bonds is 8. The van der Waals surface area contributed by atoms with Crippen molar-refractivity contribution >= 4 is 32.9 Å². The number of Topliss-reactive ketones (excluding diaryl/α,β-unsaturated/α-hetero) is 1. The number of aryl methyl sites for hydroxylation is 2.